The van der Waals surface area contributed by atoms with Crippen LogP contribution in [0.4, 0.5) is 5.69 Å². The van der Waals surface area contributed by atoms with Crippen LogP contribution in [0.25, 0.3) is 0 Å². The first-order valence-electron chi connectivity index (χ1n) is 9.09. The second-order valence-corrected chi connectivity index (χ2v) is 7.98. The number of carbonyl (C=O) groups excluding carboxylic acids is 1. The molecule has 0 spiro atoms. The molecule has 3 rings (SSSR count). The lowest BCUT2D eigenvalue weighted by atomic mass is 10.0. The largest absolute Gasteiger partial charge is 0.313 e. The Morgan fingerprint density at radius 1 is 1.12 bits per heavy atom. The molecule has 0 amide bonds. The molecule has 0 bridgehead atoms. The summed E-state index contributed by atoms with van der Waals surface area (Å²) in [7, 11) is 0. The number of hydrogen-bond donors (Lipinski definition) is 0. The van der Waals surface area contributed by atoms with Gasteiger partial charge in [0, 0.05) is 23.5 Å². The Kier molecular flexibility index (Phi) is 5.82. The monoisotopic (exact) mass is 366 g/mol. The van der Waals surface area contributed by atoms with E-state index in [0.717, 1.165) is 40.7 Å². The highest BCUT2D eigenvalue weighted by molar-refractivity contribution is 8.14. The van der Waals surface area contributed by atoms with Crippen molar-refractivity contribution in [3.63, 3.8) is 0 Å². The van der Waals surface area contributed by atoms with Crippen LogP contribution in [0, 0.1) is 27.7 Å². The molecule has 3 nitrogen and oxygen atoms in total. The average molecular weight is 367 g/mol. The van der Waals surface area contributed by atoms with Gasteiger partial charge in [0.15, 0.2) is 11.0 Å². The predicted octanol–water partition coefficient (Wildman–Crippen LogP) is 5.10. The number of ketones is 1. The Balaban J connectivity index is 1.97. The number of anilines is 1. The quantitative estimate of drug-likeness (QED) is 0.706. The van der Waals surface area contributed by atoms with Crippen molar-refractivity contribution in [2.24, 2.45) is 4.99 Å². The van der Waals surface area contributed by atoms with Crippen LogP contribution in [0.1, 0.15) is 39.0 Å². The lowest BCUT2D eigenvalue weighted by Gasteiger charge is -2.29. The highest BCUT2D eigenvalue weighted by atomic mass is 32.2. The molecule has 0 unspecified atom stereocenters. The van der Waals surface area contributed by atoms with Gasteiger partial charge in [-0.15, -0.1) is 0 Å². The number of aryl methyl sites for hydroxylation is 3. The standard InChI is InChI=1S/C22H26N2OS/c1-15-9-10-19(17(3)13-15)21(25)14-24(22-23-11-6-12-26-22)20-8-5-7-16(2)18(20)4/h5,7-10,13H,6,11-12,14H2,1-4H3. The van der Waals surface area contributed by atoms with E-state index >= 15 is 0 Å². The summed E-state index contributed by atoms with van der Waals surface area (Å²) in [5.74, 6) is 1.19. The van der Waals surface area contributed by atoms with E-state index in [4.69, 9.17) is 4.99 Å². The van der Waals surface area contributed by atoms with Crippen molar-refractivity contribution < 1.29 is 4.79 Å². The Hall–Kier alpha value is -2.07. The van der Waals surface area contributed by atoms with Gasteiger partial charge in [-0.05, 0) is 56.9 Å². The summed E-state index contributed by atoms with van der Waals surface area (Å²) in [5, 5.41) is 0.961. The fraction of sp³-hybridized carbons (Fsp3) is 0.364. The number of amidine groups is 1. The van der Waals surface area contributed by atoms with E-state index < -0.39 is 0 Å². The molecular formula is C22H26N2OS. The summed E-state index contributed by atoms with van der Waals surface area (Å²) in [5.41, 5.74) is 6.53. The van der Waals surface area contributed by atoms with Gasteiger partial charge in [0.25, 0.3) is 0 Å². The summed E-state index contributed by atoms with van der Waals surface area (Å²) in [6, 6.07) is 12.3. The van der Waals surface area contributed by atoms with Crippen LogP contribution in [0.2, 0.25) is 0 Å². The number of nitrogens with zero attached hydrogens (tertiary/aromatic N) is 2. The van der Waals surface area contributed by atoms with Gasteiger partial charge in [0.2, 0.25) is 0 Å². The summed E-state index contributed by atoms with van der Waals surface area (Å²) in [6.07, 6.45) is 1.10. The molecule has 136 valence electrons. The zero-order valence-electron chi connectivity index (χ0n) is 16.0. The van der Waals surface area contributed by atoms with Crippen molar-refractivity contribution in [3.05, 3.63) is 64.2 Å². The van der Waals surface area contributed by atoms with Crippen LogP contribution in [-0.4, -0.2) is 29.8 Å². The van der Waals surface area contributed by atoms with Gasteiger partial charge in [-0.25, -0.2) is 0 Å². The maximum Gasteiger partial charge on any atom is 0.182 e. The number of thioether (sulfide) groups is 1. The maximum absolute atomic E-state index is 13.1. The van der Waals surface area contributed by atoms with Gasteiger partial charge in [-0.2, -0.15) is 0 Å². The third kappa shape index (κ3) is 4.01. The first kappa shape index (κ1) is 18.7. The van der Waals surface area contributed by atoms with Crippen molar-refractivity contribution in [1.29, 1.82) is 0 Å². The van der Waals surface area contributed by atoms with Crippen LogP contribution >= 0.6 is 11.8 Å². The van der Waals surface area contributed by atoms with Gasteiger partial charge in [0.05, 0.1) is 6.54 Å². The molecule has 26 heavy (non-hydrogen) atoms. The summed E-state index contributed by atoms with van der Waals surface area (Å²) < 4.78 is 0. The molecule has 4 heteroatoms. The second-order valence-electron chi connectivity index (χ2n) is 6.91. The third-order valence-electron chi connectivity index (χ3n) is 4.86. The molecule has 2 aromatic rings. The van der Waals surface area contributed by atoms with E-state index in [1.807, 2.05) is 19.1 Å². The summed E-state index contributed by atoms with van der Waals surface area (Å²) >= 11 is 1.75. The highest BCUT2D eigenvalue weighted by Crippen LogP contribution is 2.28. The number of Topliss-reactive ketones (excluding diaryl/α,β-unsaturated/α-hetero) is 1. The lowest BCUT2D eigenvalue weighted by Crippen LogP contribution is -2.36. The molecule has 0 fully saturated rings. The third-order valence-corrected chi connectivity index (χ3v) is 5.96. The van der Waals surface area contributed by atoms with Crippen LogP contribution in [0.3, 0.4) is 0 Å². The normalized spacial score (nSPS) is 14.1. The van der Waals surface area contributed by atoms with Crippen LogP contribution in [-0.2, 0) is 0 Å². The van der Waals surface area contributed by atoms with E-state index in [0.29, 0.717) is 6.54 Å². The average Bonchev–Trinajstić information content (AvgIpc) is 2.63. The molecule has 0 aromatic heterocycles. The minimum absolute atomic E-state index is 0.136. The SMILES string of the molecule is Cc1ccc(C(=O)CN(C2=NCCCS2)c2cccc(C)c2C)c(C)c1. The molecule has 0 saturated heterocycles. The van der Waals surface area contributed by atoms with E-state index in [1.165, 1.54) is 16.7 Å². The minimum Gasteiger partial charge on any atom is -0.313 e. The van der Waals surface area contributed by atoms with Crippen molar-refractivity contribution in [1.82, 2.24) is 0 Å². The van der Waals surface area contributed by atoms with Crippen LogP contribution in [0.15, 0.2) is 41.4 Å². The zero-order valence-corrected chi connectivity index (χ0v) is 16.8. The van der Waals surface area contributed by atoms with E-state index in [-0.39, 0.29) is 5.78 Å². The van der Waals surface area contributed by atoms with Crippen molar-refractivity contribution in [2.45, 2.75) is 34.1 Å². The predicted molar refractivity (Wildman–Crippen MR) is 113 cm³/mol. The molecule has 1 heterocycles. The van der Waals surface area contributed by atoms with Gasteiger partial charge >= 0.3 is 0 Å². The fourth-order valence-electron chi connectivity index (χ4n) is 3.25. The van der Waals surface area contributed by atoms with Crippen LogP contribution in [0.5, 0.6) is 0 Å². The fourth-order valence-corrected chi connectivity index (χ4v) is 4.21. The van der Waals surface area contributed by atoms with E-state index in [9.17, 15) is 4.79 Å². The Morgan fingerprint density at radius 3 is 2.62 bits per heavy atom. The van der Waals surface area contributed by atoms with Gasteiger partial charge in [0.1, 0.15) is 0 Å². The summed E-state index contributed by atoms with van der Waals surface area (Å²) in [4.78, 5) is 19.9. The second kappa shape index (κ2) is 8.09. The molecule has 0 atom stereocenters. The van der Waals surface area contributed by atoms with Crippen LogP contribution < -0.4 is 4.90 Å². The number of hydrogen-bond acceptors (Lipinski definition) is 4. The molecule has 0 saturated carbocycles. The van der Waals surface area contributed by atoms with E-state index in [2.05, 4.69) is 49.9 Å². The van der Waals surface area contributed by atoms with Crippen molar-refractivity contribution >= 4 is 28.4 Å². The molecule has 0 radical (unpaired) electrons. The van der Waals surface area contributed by atoms with Gasteiger partial charge in [-0.3, -0.25) is 9.79 Å². The molecule has 0 aliphatic carbocycles. The number of benzene rings is 2. The van der Waals surface area contributed by atoms with Crippen molar-refractivity contribution in [2.75, 3.05) is 23.7 Å². The van der Waals surface area contributed by atoms with E-state index in [1.54, 1.807) is 11.8 Å². The number of carbonyl (C=O) groups is 1. The maximum atomic E-state index is 13.1. The van der Waals surface area contributed by atoms with Gasteiger partial charge < -0.3 is 4.90 Å². The Labute approximate surface area is 160 Å². The Morgan fingerprint density at radius 2 is 1.92 bits per heavy atom. The lowest BCUT2D eigenvalue weighted by molar-refractivity contribution is 0.100. The summed E-state index contributed by atoms with van der Waals surface area (Å²) in [6.45, 7) is 9.44. The van der Waals surface area contributed by atoms with Gasteiger partial charge in [-0.1, -0.05) is 47.7 Å². The molecular weight excluding hydrogens is 340 g/mol. The molecule has 0 N–H and O–H groups in total. The highest BCUT2D eigenvalue weighted by Gasteiger charge is 2.23. The topological polar surface area (TPSA) is 32.7 Å². The number of rotatable bonds is 4. The molecule has 2 aromatic carbocycles. The Bertz CT molecular complexity index is 857. The minimum atomic E-state index is 0.136. The molecule has 1 aliphatic rings. The van der Waals surface area contributed by atoms with Crippen molar-refractivity contribution in [3.8, 4) is 0 Å². The first-order chi connectivity index (χ1) is 12.5. The number of aliphatic imine (C=N–C) groups is 1. The zero-order chi connectivity index (χ0) is 18.7. The molecule has 1 aliphatic heterocycles. The first-order valence-corrected chi connectivity index (χ1v) is 10.1. The smallest absolute Gasteiger partial charge is 0.182 e.